The van der Waals surface area contributed by atoms with Crippen LogP contribution < -0.4 is 9.88 Å². The first-order chi connectivity index (χ1) is 8.08. The van der Waals surface area contributed by atoms with Gasteiger partial charge in [-0.3, -0.25) is 4.79 Å². The summed E-state index contributed by atoms with van der Waals surface area (Å²) in [6, 6.07) is 7.01. The number of benzene rings is 1. The topological polar surface area (TPSA) is 37.9 Å². The van der Waals surface area contributed by atoms with Gasteiger partial charge in [-0.25, -0.2) is 9.13 Å². The Balaban J connectivity index is 2.20. The van der Waals surface area contributed by atoms with E-state index in [1.807, 2.05) is 26.5 Å². The first kappa shape index (κ1) is 11.7. The minimum Gasteiger partial charge on any atom is -0.315 e. The summed E-state index contributed by atoms with van der Waals surface area (Å²) in [5.41, 5.74) is 0.723. The van der Waals surface area contributed by atoms with E-state index in [2.05, 4.69) is 5.32 Å². The Labute approximate surface area is 104 Å². The number of aromatic nitrogens is 2. The van der Waals surface area contributed by atoms with Gasteiger partial charge >= 0.3 is 11.7 Å². The molecule has 0 saturated carbocycles. The van der Waals surface area contributed by atoms with Gasteiger partial charge in [-0.15, -0.1) is 0 Å². The van der Waals surface area contributed by atoms with Crippen molar-refractivity contribution in [2.75, 3.05) is 5.32 Å². The van der Waals surface area contributed by atoms with E-state index in [-0.39, 0.29) is 5.91 Å². The SMILES string of the molecule is Cn1cc[n+](C)c1C(=O)Nc1ccc(Cl)cc1. The molecule has 0 aliphatic heterocycles. The molecule has 0 bridgehead atoms. The zero-order valence-corrected chi connectivity index (χ0v) is 10.4. The van der Waals surface area contributed by atoms with Gasteiger partial charge < -0.3 is 5.32 Å². The van der Waals surface area contributed by atoms with Gasteiger partial charge in [0.2, 0.25) is 0 Å². The summed E-state index contributed by atoms with van der Waals surface area (Å²) < 4.78 is 3.54. The van der Waals surface area contributed by atoms with Crippen molar-refractivity contribution in [1.29, 1.82) is 0 Å². The number of rotatable bonds is 2. The standard InChI is InChI=1S/C12H12ClN3O/c1-15-7-8-16(2)12(15)11(17)14-10-5-3-9(13)4-6-10/h3-8H,1-2H3/p+1. The molecule has 0 saturated heterocycles. The fourth-order valence-corrected chi connectivity index (χ4v) is 1.76. The van der Waals surface area contributed by atoms with E-state index in [1.165, 1.54) is 0 Å². The molecule has 0 fully saturated rings. The van der Waals surface area contributed by atoms with E-state index in [1.54, 1.807) is 33.4 Å². The van der Waals surface area contributed by atoms with Crippen molar-refractivity contribution >= 4 is 23.2 Å². The van der Waals surface area contributed by atoms with Crippen LogP contribution in [0.5, 0.6) is 0 Å². The molecule has 1 amide bonds. The first-order valence-corrected chi connectivity index (χ1v) is 5.53. The molecule has 1 aromatic heterocycles. The molecule has 1 heterocycles. The molecule has 0 atom stereocenters. The minimum atomic E-state index is -0.151. The smallest absolute Gasteiger partial charge is 0.315 e. The van der Waals surface area contributed by atoms with Gasteiger partial charge in [0.15, 0.2) is 0 Å². The van der Waals surface area contributed by atoms with E-state index in [0.29, 0.717) is 10.8 Å². The van der Waals surface area contributed by atoms with Crippen molar-refractivity contribution < 1.29 is 9.36 Å². The lowest BCUT2D eigenvalue weighted by Gasteiger charge is -2.03. The number of hydrogen-bond donors (Lipinski definition) is 1. The van der Waals surface area contributed by atoms with Crippen molar-refractivity contribution in [2.24, 2.45) is 14.1 Å². The van der Waals surface area contributed by atoms with Crippen molar-refractivity contribution in [3.05, 3.63) is 47.5 Å². The van der Waals surface area contributed by atoms with Crippen LogP contribution in [0.4, 0.5) is 5.69 Å². The van der Waals surface area contributed by atoms with Crippen LogP contribution >= 0.6 is 11.6 Å². The zero-order chi connectivity index (χ0) is 12.4. The summed E-state index contributed by atoms with van der Waals surface area (Å²) in [6.07, 6.45) is 3.66. The molecule has 1 N–H and O–H groups in total. The minimum absolute atomic E-state index is 0.151. The van der Waals surface area contributed by atoms with Crippen molar-refractivity contribution in [2.45, 2.75) is 0 Å². The van der Waals surface area contributed by atoms with Gasteiger partial charge in [0.25, 0.3) is 0 Å². The van der Waals surface area contributed by atoms with E-state index in [0.717, 1.165) is 5.69 Å². The number of amides is 1. The summed E-state index contributed by atoms with van der Waals surface area (Å²) in [5.74, 6) is 0.433. The van der Waals surface area contributed by atoms with Crippen molar-refractivity contribution in [3.8, 4) is 0 Å². The molecule has 0 spiro atoms. The molecule has 5 heteroatoms. The molecule has 0 aliphatic rings. The summed E-state index contributed by atoms with van der Waals surface area (Å²) in [6.45, 7) is 0. The number of carbonyl (C=O) groups is 1. The second-order valence-electron chi connectivity index (χ2n) is 3.80. The fourth-order valence-electron chi connectivity index (χ4n) is 1.63. The highest BCUT2D eigenvalue weighted by molar-refractivity contribution is 6.30. The van der Waals surface area contributed by atoms with Crippen LogP contribution in [0.3, 0.4) is 0 Å². The van der Waals surface area contributed by atoms with E-state index in [9.17, 15) is 4.79 Å². The molecular formula is C12H13ClN3O+. The highest BCUT2D eigenvalue weighted by Crippen LogP contribution is 2.13. The fraction of sp³-hybridized carbons (Fsp3) is 0.167. The van der Waals surface area contributed by atoms with Gasteiger partial charge in [0.1, 0.15) is 12.4 Å². The number of imidazole rings is 1. The van der Waals surface area contributed by atoms with Crippen LogP contribution in [0.15, 0.2) is 36.7 Å². The second kappa shape index (κ2) is 4.59. The van der Waals surface area contributed by atoms with Gasteiger partial charge in [0, 0.05) is 10.7 Å². The van der Waals surface area contributed by atoms with E-state index in [4.69, 9.17) is 11.6 Å². The third-order valence-corrected chi connectivity index (χ3v) is 2.74. The van der Waals surface area contributed by atoms with E-state index < -0.39 is 0 Å². The number of hydrogen-bond acceptors (Lipinski definition) is 1. The van der Waals surface area contributed by atoms with Crippen molar-refractivity contribution in [1.82, 2.24) is 4.57 Å². The van der Waals surface area contributed by atoms with Crippen LogP contribution in [0.1, 0.15) is 10.6 Å². The Morgan fingerprint density at radius 3 is 2.53 bits per heavy atom. The number of nitrogens with one attached hydrogen (secondary N) is 1. The quantitative estimate of drug-likeness (QED) is 0.811. The Morgan fingerprint density at radius 2 is 2.00 bits per heavy atom. The Kier molecular flexibility index (Phi) is 3.15. The van der Waals surface area contributed by atoms with Crippen LogP contribution in [0.25, 0.3) is 0 Å². The summed E-state index contributed by atoms with van der Waals surface area (Å²) in [5, 5.41) is 3.46. The molecule has 2 rings (SSSR count). The van der Waals surface area contributed by atoms with Crippen LogP contribution in [0.2, 0.25) is 5.02 Å². The van der Waals surface area contributed by atoms with Crippen LogP contribution in [-0.2, 0) is 14.1 Å². The van der Waals surface area contributed by atoms with Gasteiger partial charge in [-0.2, -0.15) is 0 Å². The Hall–Kier alpha value is -1.81. The molecule has 17 heavy (non-hydrogen) atoms. The first-order valence-electron chi connectivity index (χ1n) is 5.16. The summed E-state index contributed by atoms with van der Waals surface area (Å²) >= 11 is 5.78. The second-order valence-corrected chi connectivity index (χ2v) is 4.24. The third-order valence-electron chi connectivity index (χ3n) is 2.49. The Bertz CT molecular complexity index is 526. The Morgan fingerprint density at radius 1 is 1.35 bits per heavy atom. The van der Waals surface area contributed by atoms with Gasteiger partial charge in [0.05, 0.1) is 14.1 Å². The summed E-state index contributed by atoms with van der Waals surface area (Å²) in [4.78, 5) is 12.0. The molecule has 0 aliphatic carbocycles. The lowest BCUT2D eigenvalue weighted by molar-refractivity contribution is -0.672. The molecule has 2 aromatic rings. The largest absolute Gasteiger partial charge is 0.347 e. The number of carbonyl (C=O) groups excluding carboxylic acids is 1. The molecule has 4 nitrogen and oxygen atoms in total. The van der Waals surface area contributed by atoms with E-state index >= 15 is 0 Å². The van der Waals surface area contributed by atoms with Crippen LogP contribution in [0, 0.1) is 0 Å². The monoisotopic (exact) mass is 250 g/mol. The third kappa shape index (κ3) is 2.47. The molecular weight excluding hydrogens is 238 g/mol. The van der Waals surface area contributed by atoms with Crippen LogP contribution in [-0.4, -0.2) is 10.5 Å². The van der Waals surface area contributed by atoms with Gasteiger partial charge in [-0.1, -0.05) is 11.6 Å². The lowest BCUT2D eigenvalue weighted by atomic mass is 10.3. The maximum Gasteiger partial charge on any atom is 0.347 e. The van der Waals surface area contributed by atoms with Crippen molar-refractivity contribution in [3.63, 3.8) is 0 Å². The highest BCUT2D eigenvalue weighted by atomic mass is 35.5. The normalized spacial score (nSPS) is 10.3. The zero-order valence-electron chi connectivity index (χ0n) is 9.64. The molecule has 0 radical (unpaired) electrons. The predicted octanol–water partition coefficient (Wildman–Crippen LogP) is 1.76. The number of aryl methyl sites for hydroxylation is 2. The average Bonchev–Trinajstić information content (AvgIpc) is 2.62. The average molecular weight is 251 g/mol. The maximum atomic E-state index is 12.0. The highest BCUT2D eigenvalue weighted by Gasteiger charge is 2.20. The molecule has 0 unspecified atom stereocenters. The summed E-state index contributed by atoms with van der Waals surface area (Å²) in [7, 11) is 3.66. The predicted molar refractivity (Wildman–Crippen MR) is 66.0 cm³/mol. The lowest BCUT2D eigenvalue weighted by Crippen LogP contribution is -2.37. The molecule has 88 valence electrons. The number of halogens is 1. The number of nitrogens with zero attached hydrogens (tertiary/aromatic N) is 2. The maximum absolute atomic E-state index is 12.0. The molecule has 1 aromatic carbocycles. The number of anilines is 1. The van der Waals surface area contributed by atoms with Gasteiger partial charge in [-0.05, 0) is 24.3 Å².